The van der Waals surface area contributed by atoms with Gasteiger partial charge in [-0.05, 0) is 18.8 Å². The monoisotopic (exact) mass is 256 g/mol. The molecule has 1 amide bonds. The van der Waals surface area contributed by atoms with Crippen LogP contribution in [0.4, 0.5) is 0 Å². The number of hydrogen-bond donors (Lipinski definition) is 2. The Balaban J connectivity index is 1.80. The maximum Gasteiger partial charge on any atom is 0.353 e. The average molecular weight is 256 g/mol. The van der Waals surface area contributed by atoms with Crippen LogP contribution in [-0.2, 0) is 14.4 Å². The Hall–Kier alpha value is -1.63. The molecule has 0 aromatic rings. The minimum atomic E-state index is -1.16. The van der Waals surface area contributed by atoms with Crippen LogP contribution in [0.3, 0.4) is 0 Å². The van der Waals surface area contributed by atoms with E-state index in [9.17, 15) is 9.59 Å². The van der Waals surface area contributed by atoms with Gasteiger partial charge in [-0.25, -0.2) is 4.79 Å². The van der Waals surface area contributed by atoms with Gasteiger partial charge < -0.3 is 20.0 Å². The van der Waals surface area contributed by atoms with E-state index < -0.39 is 12.1 Å². The second-order valence-corrected chi connectivity index (χ2v) is 4.85. The van der Waals surface area contributed by atoms with Crippen LogP contribution in [0.5, 0.6) is 0 Å². The zero-order chi connectivity index (χ0) is 13.3. The molecule has 0 saturated heterocycles. The van der Waals surface area contributed by atoms with E-state index in [-0.39, 0.29) is 24.1 Å². The second-order valence-electron chi connectivity index (χ2n) is 4.85. The quantitative estimate of drug-likeness (QED) is 0.702. The minimum absolute atomic E-state index is 0.00575. The van der Waals surface area contributed by atoms with Crippen LogP contribution >= 0.6 is 0 Å². The Morgan fingerprint density at radius 2 is 2.17 bits per heavy atom. The third kappa shape index (κ3) is 2.61. The number of carboxylic acids is 1. The number of aliphatic hydroxyl groups is 1. The minimum Gasteiger partial charge on any atom is -0.477 e. The molecule has 0 bridgehead atoms. The van der Waals surface area contributed by atoms with Crippen molar-refractivity contribution in [3.63, 3.8) is 0 Å². The van der Waals surface area contributed by atoms with Gasteiger partial charge >= 0.3 is 5.97 Å². The van der Waals surface area contributed by atoms with Crippen molar-refractivity contribution in [3.05, 3.63) is 0 Å². The molecule has 2 aliphatic rings. The van der Waals surface area contributed by atoms with E-state index in [0.717, 1.165) is 0 Å². The van der Waals surface area contributed by atoms with Crippen LogP contribution in [0.2, 0.25) is 0 Å². The molecule has 18 heavy (non-hydrogen) atoms. The fourth-order valence-electron chi connectivity index (χ4n) is 2.21. The molecule has 2 N–H and O–H groups in total. The molecule has 0 radical (unpaired) electrons. The molecule has 1 heterocycles. The standard InChI is InChI=1S/C11H16N2O5/c1-13(5-6-2-7(14)3-6)10(15)9-4-8(11(16)17)12-18-9/h6-7,9,14H,2-5H2,1H3,(H,16,17). The predicted molar refractivity (Wildman–Crippen MR) is 60.9 cm³/mol. The first kappa shape index (κ1) is 12.8. The van der Waals surface area contributed by atoms with Crippen molar-refractivity contribution in [1.82, 2.24) is 4.90 Å². The van der Waals surface area contributed by atoms with E-state index in [1.54, 1.807) is 7.05 Å². The van der Waals surface area contributed by atoms with E-state index in [1.165, 1.54) is 4.90 Å². The highest BCUT2D eigenvalue weighted by Gasteiger charge is 2.35. The molecule has 7 nitrogen and oxygen atoms in total. The first-order chi connectivity index (χ1) is 8.47. The van der Waals surface area contributed by atoms with Crippen molar-refractivity contribution < 1.29 is 24.6 Å². The van der Waals surface area contributed by atoms with Gasteiger partial charge in [0.2, 0.25) is 6.10 Å². The molecule has 1 aliphatic carbocycles. The zero-order valence-corrected chi connectivity index (χ0v) is 10.1. The molecular formula is C11H16N2O5. The Labute approximate surface area is 104 Å². The smallest absolute Gasteiger partial charge is 0.353 e. The number of aliphatic carboxylic acids is 1. The van der Waals surface area contributed by atoms with E-state index in [0.29, 0.717) is 25.3 Å². The van der Waals surface area contributed by atoms with E-state index in [2.05, 4.69) is 5.16 Å². The number of carbonyl (C=O) groups is 2. The molecule has 7 heteroatoms. The lowest BCUT2D eigenvalue weighted by Gasteiger charge is -2.34. The summed E-state index contributed by atoms with van der Waals surface area (Å²) in [4.78, 5) is 28.9. The molecule has 1 saturated carbocycles. The van der Waals surface area contributed by atoms with Crippen LogP contribution < -0.4 is 0 Å². The molecule has 1 aliphatic heterocycles. The summed E-state index contributed by atoms with van der Waals surface area (Å²) < 4.78 is 0. The molecule has 0 spiro atoms. The fourth-order valence-corrected chi connectivity index (χ4v) is 2.21. The van der Waals surface area contributed by atoms with E-state index in [1.807, 2.05) is 0 Å². The number of oxime groups is 1. The summed E-state index contributed by atoms with van der Waals surface area (Å²) in [5, 5.41) is 21.3. The van der Waals surface area contributed by atoms with Gasteiger partial charge in [-0.1, -0.05) is 5.16 Å². The largest absolute Gasteiger partial charge is 0.477 e. The number of carboxylic acid groups (broad SMARTS) is 1. The van der Waals surface area contributed by atoms with Crippen molar-refractivity contribution in [2.75, 3.05) is 13.6 Å². The maximum atomic E-state index is 11.9. The number of likely N-dealkylation sites (N-methyl/N-ethyl adjacent to an activating group) is 1. The molecule has 0 aromatic carbocycles. The number of hydrogen-bond acceptors (Lipinski definition) is 5. The first-order valence-corrected chi connectivity index (χ1v) is 5.86. The second kappa shape index (κ2) is 4.93. The number of rotatable bonds is 4. The Bertz CT molecular complexity index is 389. The summed E-state index contributed by atoms with van der Waals surface area (Å²) >= 11 is 0. The van der Waals surface area contributed by atoms with Gasteiger partial charge in [0, 0.05) is 20.0 Å². The lowest BCUT2D eigenvalue weighted by atomic mass is 9.82. The SMILES string of the molecule is CN(CC1CC(O)C1)C(=O)C1CC(C(=O)O)=NO1. The normalized spacial score (nSPS) is 30.1. The van der Waals surface area contributed by atoms with Gasteiger partial charge in [-0.2, -0.15) is 0 Å². The van der Waals surface area contributed by atoms with Gasteiger partial charge in [-0.3, -0.25) is 4.79 Å². The molecule has 1 fully saturated rings. The van der Waals surface area contributed by atoms with Gasteiger partial charge in [0.1, 0.15) is 0 Å². The summed E-state index contributed by atoms with van der Waals surface area (Å²) in [6.45, 7) is 0.554. The molecular weight excluding hydrogens is 240 g/mol. The highest BCUT2D eigenvalue weighted by Crippen LogP contribution is 2.28. The summed E-state index contributed by atoms with van der Waals surface area (Å²) in [5.74, 6) is -1.11. The molecule has 0 aromatic heterocycles. The van der Waals surface area contributed by atoms with Crippen molar-refractivity contribution >= 4 is 17.6 Å². The van der Waals surface area contributed by atoms with E-state index in [4.69, 9.17) is 15.1 Å². The van der Waals surface area contributed by atoms with Crippen LogP contribution in [-0.4, -0.2) is 58.5 Å². The fraction of sp³-hybridized carbons (Fsp3) is 0.727. The summed E-state index contributed by atoms with van der Waals surface area (Å²) in [7, 11) is 1.65. The van der Waals surface area contributed by atoms with Gasteiger partial charge in [-0.15, -0.1) is 0 Å². The van der Waals surface area contributed by atoms with Crippen molar-refractivity contribution in [3.8, 4) is 0 Å². The van der Waals surface area contributed by atoms with Crippen LogP contribution in [0, 0.1) is 5.92 Å². The molecule has 2 rings (SSSR count). The number of amides is 1. The summed E-state index contributed by atoms with van der Waals surface area (Å²) in [6, 6.07) is 0. The predicted octanol–water partition coefficient (Wildman–Crippen LogP) is -0.555. The lowest BCUT2D eigenvalue weighted by Crippen LogP contribution is -2.43. The van der Waals surface area contributed by atoms with Gasteiger partial charge in [0.05, 0.1) is 6.10 Å². The maximum absolute atomic E-state index is 11.9. The van der Waals surface area contributed by atoms with Gasteiger partial charge in [0.15, 0.2) is 5.71 Å². The lowest BCUT2D eigenvalue weighted by molar-refractivity contribution is -0.142. The zero-order valence-electron chi connectivity index (χ0n) is 10.1. The van der Waals surface area contributed by atoms with Gasteiger partial charge in [0.25, 0.3) is 5.91 Å². The number of aliphatic hydroxyl groups excluding tert-OH is 1. The summed E-state index contributed by atoms with van der Waals surface area (Å²) in [6.07, 6.45) is 0.348. The highest BCUT2D eigenvalue weighted by atomic mass is 16.6. The average Bonchev–Trinajstić information content (AvgIpc) is 2.75. The number of carbonyl (C=O) groups excluding carboxylic acids is 1. The highest BCUT2D eigenvalue weighted by molar-refractivity contribution is 6.36. The first-order valence-electron chi connectivity index (χ1n) is 5.86. The van der Waals surface area contributed by atoms with Crippen molar-refractivity contribution in [2.24, 2.45) is 11.1 Å². The van der Waals surface area contributed by atoms with Crippen molar-refractivity contribution in [2.45, 2.75) is 31.5 Å². The molecule has 1 unspecified atom stereocenters. The third-order valence-electron chi connectivity index (χ3n) is 3.31. The number of nitrogens with zero attached hydrogens (tertiary/aromatic N) is 2. The van der Waals surface area contributed by atoms with Crippen LogP contribution in [0.1, 0.15) is 19.3 Å². The molecule has 1 atom stereocenters. The third-order valence-corrected chi connectivity index (χ3v) is 3.31. The van der Waals surface area contributed by atoms with E-state index >= 15 is 0 Å². The topological polar surface area (TPSA) is 99.4 Å². The van der Waals surface area contributed by atoms with Crippen molar-refractivity contribution in [1.29, 1.82) is 0 Å². The Morgan fingerprint density at radius 1 is 1.50 bits per heavy atom. The Kier molecular flexibility index (Phi) is 3.51. The Morgan fingerprint density at radius 3 is 2.67 bits per heavy atom. The summed E-state index contributed by atoms with van der Waals surface area (Å²) in [5.41, 5.74) is -0.124. The van der Waals surface area contributed by atoms with Crippen LogP contribution in [0.15, 0.2) is 5.16 Å². The van der Waals surface area contributed by atoms with Crippen LogP contribution in [0.25, 0.3) is 0 Å². The molecule has 100 valence electrons.